The first-order chi connectivity index (χ1) is 14.2. The first kappa shape index (κ1) is 20.9. The van der Waals surface area contributed by atoms with Gasteiger partial charge in [0.1, 0.15) is 5.56 Å². The molecule has 8 heteroatoms. The fraction of sp³-hybridized carbons (Fsp3) is 0.545. The Balaban J connectivity index is 1.56. The minimum Gasteiger partial charge on any atom is -0.349 e. The number of anilines is 1. The molecule has 0 saturated heterocycles. The van der Waals surface area contributed by atoms with Gasteiger partial charge in [0.15, 0.2) is 5.82 Å². The van der Waals surface area contributed by atoms with E-state index in [1.807, 2.05) is 6.92 Å². The van der Waals surface area contributed by atoms with Crippen molar-refractivity contribution < 1.29 is 13.2 Å². The molecule has 0 radical (unpaired) electrons. The molecule has 1 heterocycles. The topological polar surface area (TPSA) is 84.3 Å². The molecule has 2 bridgehead atoms. The number of aryl methyl sites for hydroxylation is 2. The molecule has 2 aromatic rings. The SMILES string of the molecule is Cc1ccc(S(=O)(=O)N(C)c2c(C(=O)NC(C)C3CC4CCC3C4)cnn2C)cc1. The highest BCUT2D eigenvalue weighted by atomic mass is 32.2. The summed E-state index contributed by atoms with van der Waals surface area (Å²) in [6, 6.07) is 6.73. The Morgan fingerprint density at radius 1 is 1.23 bits per heavy atom. The van der Waals surface area contributed by atoms with E-state index in [4.69, 9.17) is 0 Å². The van der Waals surface area contributed by atoms with Gasteiger partial charge in [-0.25, -0.2) is 8.42 Å². The molecule has 0 spiro atoms. The third-order valence-electron chi connectivity index (χ3n) is 6.92. The van der Waals surface area contributed by atoms with Crippen LogP contribution < -0.4 is 9.62 Å². The number of sulfonamides is 1. The van der Waals surface area contributed by atoms with E-state index >= 15 is 0 Å². The van der Waals surface area contributed by atoms with Crippen LogP contribution in [0.1, 0.15) is 48.5 Å². The monoisotopic (exact) mass is 430 g/mol. The van der Waals surface area contributed by atoms with E-state index in [1.165, 1.54) is 43.6 Å². The average Bonchev–Trinajstić information content (AvgIpc) is 3.43. The highest BCUT2D eigenvalue weighted by Gasteiger charge is 2.42. The lowest BCUT2D eigenvalue weighted by molar-refractivity contribution is 0.0916. The van der Waals surface area contributed by atoms with E-state index in [2.05, 4.69) is 17.3 Å². The Kier molecular flexibility index (Phi) is 5.38. The lowest BCUT2D eigenvalue weighted by atomic mass is 9.84. The molecular formula is C22H30N4O3S. The van der Waals surface area contributed by atoms with Crippen LogP contribution in [-0.2, 0) is 17.1 Å². The summed E-state index contributed by atoms with van der Waals surface area (Å²) in [6.07, 6.45) is 6.47. The van der Waals surface area contributed by atoms with E-state index in [9.17, 15) is 13.2 Å². The molecule has 2 saturated carbocycles. The highest BCUT2D eigenvalue weighted by Crippen LogP contribution is 2.49. The fourth-order valence-electron chi connectivity index (χ4n) is 5.24. The molecule has 30 heavy (non-hydrogen) atoms. The van der Waals surface area contributed by atoms with Gasteiger partial charge in [-0.05, 0) is 63.0 Å². The molecule has 162 valence electrons. The van der Waals surface area contributed by atoms with Gasteiger partial charge in [0, 0.05) is 20.1 Å². The third-order valence-corrected chi connectivity index (χ3v) is 8.69. The summed E-state index contributed by atoms with van der Waals surface area (Å²) in [4.78, 5) is 13.3. The predicted molar refractivity (Wildman–Crippen MR) is 116 cm³/mol. The minimum absolute atomic E-state index is 0.0554. The normalized spacial score (nSPS) is 24.1. The van der Waals surface area contributed by atoms with Gasteiger partial charge in [0.05, 0.1) is 11.1 Å². The van der Waals surface area contributed by atoms with Gasteiger partial charge >= 0.3 is 0 Å². The molecule has 4 atom stereocenters. The van der Waals surface area contributed by atoms with E-state index in [-0.39, 0.29) is 28.2 Å². The number of rotatable bonds is 6. The average molecular weight is 431 g/mol. The summed E-state index contributed by atoms with van der Waals surface area (Å²) in [7, 11) is -0.710. The zero-order chi connectivity index (χ0) is 21.6. The number of hydrogen-bond acceptors (Lipinski definition) is 4. The number of nitrogens with one attached hydrogen (secondary N) is 1. The van der Waals surface area contributed by atoms with E-state index in [0.717, 1.165) is 15.8 Å². The van der Waals surface area contributed by atoms with Crippen molar-refractivity contribution in [3.8, 4) is 0 Å². The molecule has 4 rings (SSSR count). The summed E-state index contributed by atoms with van der Waals surface area (Å²) in [5, 5.41) is 7.29. The summed E-state index contributed by atoms with van der Waals surface area (Å²) in [6.45, 7) is 3.97. The van der Waals surface area contributed by atoms with Crippen LogP contribution in [0, 0.1) is 24.7 Å². The third kappa shape index (κ3) is 3.62. The van der Waals surface area contributed by atoms with Crippen LogP contribution in [0.25, 0.3) is 0 Å². The summed E-state index contributed by atoms with van der Waals surface area (Å²) >= 11 is 0. The molecular weight excluding hydrogens is 400 g/mol. The Labute approximate surface area is 178 Å². The molecule has 2 fully saturated rings. The number of nitrogens with zero attached hydrogens (tertiary/aromatic N) is 3. The smallest absolute Gasteiger partial charge is 0.265 e. The zero-order valence-electron chi connectivity index (χ0n) is 18.0. The van der Waals surface area contributed by atoms with Crippen molar-refractivity contribution in [1.29, 1.82) is 0 Å². The first-order valence-electron chi connectivity index (χ1n) is 10.6. The number of carbonyl (C=O) groups excluding carboxylic acids is 1. The van der Waals surface area contributed by atoms with Crippen LogP contribution in [0.15, 0.2) is 35.4 Å². The first-order valence-corrected chi connectivity index (χ1v) is 12.0. The summed E-state index contributed by atoms with van der Waals surface area (Å²) < 4.78 is 28.9. The molecule has 0 aliphatic heterocycles. The number of aromatic nitrogens is 2. The second-order valence-corrected chi connectivity index (χ2v) is 10.9. The number of carbonyl (C=O) groups is 1. The largest absolute Gasteiger partial charge is 0.349 e. The van der Waals surface area contributed by atoms with Crippen molar-refractivity contribution in [3.63, 3.8) is 0 Å². The van der Waals surface area contributed by atoms with E-state index in [0.29, 0.717) is 11.8 Å². The van der Waals surface area contributed by atoms with Crippen molar-refractivity contribution in [2.75, 3.05) is 11.4 Å². The molecule has 2 aliphatic carbocycles. The number of fused-ring (bicyclic) bond motifs is 2. The fourth-order valence-corrected chi connectivity index (χ4v) is 6.49. The van der Waals surface area contributed by atoms with Crippen LogP contribution in [0.3, 0.4) is 0 Å². The Morgan fingerprint density at radius 3 is 2.53 bits per heavy atom. The highest BCUT2D eigenvalue weighted by molar-refractivity contribution is 7.92. The van der Waals surface area contributed by atoms with E-state index in [1.54, 1.807) is 31.3 Å². The van der Waals surface area contributed by atoms with Crippen molar-refractivity contribution >= 4 is 21.7 Å². The van der Waals surface area contributed by atoms with Gasteiger partial charge in [-0.1, -0.05) is 24.1 Å². The predicted octanol–water partition coefficient (Wildman–Crippen LogP) is 3.11. The maximum absolute atomic E-state index is 13.1. The van der Waals surface area contributed by atoms with Crippen LogP contribution in [0.4, 0.5) is 5.82 Å². The number of amides is 1. The van der Waals surface area contributed by atoms with Crippen LogP contribution in [0.2, 0.25) is 0 Å². The van der Waals surface area contributed by atoms with Crippen LogP contribution >= 0.6 is 0 Å². The Morgan fingerprint density at radius 2 is 1.93 bits per heavy atom. The molecule has 1 aromatic heterocycles. The maximum atomic E-state index is 13.1. The Hall–Kier alpha value is -2.35. The van der Waals surface area contributed by atoms with Gasteiger partial charge in [0.25, 0.3) is 15.9 Å². The van der Waals surface area contributed by atoms with Crippen molar-refractivity contribution in [2.45, 2.75) is 50.5 Å². The molecule has 1 aromatic carbocycles. The number of hydrogen-bond donors (Lipinski definition) is 1. The zero-order valence-corrected chi connectivity index (χ0v) is 18.8. The van der Waals surface area contributed by atoms with Crippen LogP contribution in [-0.4, -0.2) is 37.2 Å². The van der Waals surface area contributed by atoms with Crippen molar-refractivity contribution in [1.82, 2.24) is 15.1 Å². The quantitative estimate of drug-likeness (QED) is 0.763. The molecule has 1 amide bonds. The Bertz CT molecular complexity index is 1040. The molecule has 7 nitrogen and oxygen atoms in total. The lowest BCUT2D eigenvalue weighted by Crippen LogP contribution is -2.40. The standard InChI is InChI=1S/C22H30N4O3S/c1-14-5-9-18(10-6-14)30(28,29)26(4)22-20(13-23-25(22)3)21(27)24-15(2)19-12-16-7-8-17(19)11-16/h5-6,9-10,13,15-17,19H,7-8,11-12H2,1-4H3,(H,24,27). The van der Waals surface area contributed by atoms with Gasteiger partial charge in [0.2, 0.25) is 0 Å². The van der Waals surface area contributed by atoms with Gasteiger partial charge in [-0.2, -0.15) is 5.10 Å². The summed E-state index contributed by atoms with van der Waals surface area (Å²) in [5.74, 6) is 1.98. The van der Waals surface area contributed by atoms with Crippen molar-refractivity contribution in [2.24, 2.45) is 24.8 Å². The van der Waals surface area contributed by atoms with Gasteiger partial charge < -0.3 is 5.32 Å². The number of benzene rings is 1. The summed E-state index contributed by atoms with van der Waals surface area (Å²) in [5.41, 5.74) is 1.25. The van der Waals surface area contributed by atoms with Crippen molar-refractivity contribution in [3.05, 3.63) is 41.6 Å². The molecule has 2 aliphatic rings. The minimum atomic E-state index is -3.82. The molecule has 4 unspecified atom stereocenters. The second kappa shape index (κ2) is 7.72. The van der Waals surface area contributed by atoms with Crippen LogP contribution in [0.5, 0.6) is 0 Å². The van der Waals surface area contributed by atoms with Gasteiger partial charge in [-0.3, -0.25) is 13.8 Å². The van der Waals surface area contributed by atoms with E-state index < -0.39 is 10.0 Å². The second-order valence-electron chi connectivity index (χ2n) is 8.89. The van der Waals surface area contributed by atoms with Gasteiger partial charge in [-0.15, -0.1) is 0 Å². The maximum Gasteiger partial charge on any atom is 0.265 e. The molecule has 1 N–H and O–H groups in total. The lowest BCUT2D eigenvalue weighted by Gasteiger charge is -2.28.